The maximum atomic E-state index is 10.4. The molecule has 4 heteroatoms. The molecule has 0 aliphatic heterocycles. The second-order valence-corrected chi connectivity index (χ2v) is 6.51. The summed E-state index contributed by atoms with van der Waals surface area (Å²) >= 11 is 0. The summed E-state index contributed by atoms with van der Waals surface area (Å²) in [6.45, 7) is 4.20. The molecule has 0 aromatic rings. The first-order valence-corrected chi connectivity index (χ1v) is 7.83. The molecule has 2 aliphatic rings. The van der Waals surface area contributed by atoms with Crippen molar-refractivity contribution in [3.8, 4) is 0 Å². The summed E-state index contributed by atoms with van der Waals surface area (Å²) in [7, 11) is 2.14. The Hall–Kier alpha value is -0.160. The van der Waals surface area contributed by atoms with E-state index in [0.717, 1.165) is 57.9 Å². The number of nitrogens with zero attached hydrogens (tertiary/aromatic N) is 1. The topological polar surface area (TPSA) is 58.7 Å². The van der Waals surface area contributed by atoms with Gasteiger partial charge in [0.25, 0.3) is 0 Å². The second-order valence-electron chi connectivity index (χ2n) is 6.51. The van der Waals surface area contributed by atoms with E-state index in [9.17, 15) is 5.11 Å². The molecule has 0 amide bonds. The lowest BCUT2D eigenvalue weighted by atomic mass is 9.88. The van der Waals surface area contributed by atoms with Crippen LogP contribution in [0.5, 0.6) is 0 Å². The highest BCUT2D eigenvalue weighted by molar-refractivity contribution is 4.93. The first-order valence-electron chi connectivity index (χ1n) is 7.83. The molecule has 4 nitrogen and oxygen atoms in total. The summed E-state index contributed by atoms with van der Waals surface area (Å²) in [5, 5.41) is 10.4. The van der Waals surface area contributed by atoms with Gasteiger partial charge in [0, 0.05) is 19.7 Å². The number of hydrogen-bond acceptors (Lipinski definition) is 4. The number of hydrogen-bond donors (Lipinski definition) is 2. The van der Waals surface area contributed by atoms with Gasteiger partial charge in [-0.3, -0.25) is 0 Å². The summed E-state index contributed by atoms with van der Waals surface area (Å²) in [6.07, 6.45) is 6.88. The Bertz CT molecular complexity index is 271. The third kappa shape index (κ3) is 4.71. The molecule has 112 valence electrons. The minimum Gasteiger partial charge on any atom is -0.388 e. The molecular weight excluding hydrogens is 240 g/mol. The number of rotatable bonds is 9. The zero-order valence-corrected chi connectivity index (χ0v) is 12.3. The molecule has 0 spiro atoms. The minimum atomic E-state index is -0.594. The van der Waals surface area contributed by atoms with Crippen molar-refractivity contribution in [2.24, 2.45) is 17.6 Å². The molecule has 19 heavy (non-hydrogen) atoms. The molecule has 0 bridgehead atoms. The molecule has 0 heterocycles. The molecule has 2 atom stereocenters. The standard InChI is InChI=1S/C15H30N2O2/c1-17(9-10-19-11-13-4-5-13)8-6-14-3-2-7-15(14,18)12-16/h13-14,18H,2-12,16H2,1H3. The van der Waals surface area contributed by atoms with E-state index in [0.29, 0.717) is 12.5 Å². The van der Waals surface area contributed by atoms with Crippen LogP contribution in [0.2, 0.25) is 0 Å². The molecule has 2 saturated carbocycles. The fourth-order valence-electron chi connectivity index (χ4n) is 3.05. The largest absolute Gasteiger partial charge is 0.388 e. The van der Waals surface area contributed by atoms with Gasteiger partial charge in [-0.1, -0.05) is 6.42 Å². The van der Waals surface area contributed by atoms with Crippen LogP contribution in [0.1, 0.15) is 38.5 Å². The summed E-state index contributed by atoms with van der Waals surface area (Å²) in [5.41, 5.74) is 5.12. The Morgan fingerprint density at radius 3 is 2.79 bits per heavy atom. The van der Waals surface area contributed by atoms with Crippen molar-refractivity contribution in [2.75, 3.05) is 39.9 Å². The fourth-order valence-corrected chi connectivity index (χ4v) is 3.05. The van der Waals surface area contributed by atoms with E-state index in [2.05, 4.69) is 11.9 Å². The van der Waals surface area contributed by atoms with Crippen LogP contribution in [0.4, 0.5) is 0 Å². The smallest absolute Gasteiger partial charge is 0.0797 e. The number of likely N-dealkylation sites (N-methyl/N-ethyl adjacent to an activating group) is 1. The van der Waals surface area contributed by atoms with Crippen LogP contribution in [0.25, 0.3) is 0 Å². The van der Waals surface area contributed by atoms with Gasteiger partial charge in [0.1, 0.15) is 0 Å². The predicted molar refractivity (Wildman–Crippen MR) is 77.0 cm³/mol. The van der Waals surface area contributed by atoms with Gasteiger partial charge in [0.05, 0.1) is 12.2 Å². The monoisotopic (exact) mass is 270 g/mol. The van der Waals surface area contributed by atoms with Gasteiger partial charge in [-0.2, -0.15) is 0 Å². The lowest BCUT2D eigenvalue weighted by molar-refractivity contribution is 0.00443. The van der Waals surface area contributed by atoms with Crippen molar-refractivity contribution in [1.29, 1.82) is 0 Å². The van der Waals surface area contributed by atoms with Crippen LogP contribution in [-0.2, 0) is 4.74 Å². The van der Waals surface area contributed by atoms with E-state index in [-0.39, 0.29) is 0 Å². The molecule has 2 rings (SSSR count). The molecule has 0 aromatic carbocycles. The molecule has 0 radical (unpaired) electrons. The van der Waals surface area contributed by atoms with Crippen LogP contribution < -0.4 is 5.73 Å². The van der Waals surface area contributed by atoms with Crippen molar-refractivity contribution in [1.82, 2.24) is 4.90 Å². The van der Waals surface area contributed by atoms with Crippen LogP contribution in [0.3, 0.4) is 0 Å². The quantitative estimate of drug-likeness (QED) is 0.619. The van der Waals surface area contributed by atoms with Gasteiger partial charge in [-0.25, -0.2) is 0 Å². The Morgan fingerprint density at radius 1 is 1.32 bits per heavy atom. The van der Waals surface area contributed by atoms with Crippen molar-refractivity contribution in [3.63, 3.8) is 0 Å². The summed E-state index contributed by atoms with van der Waals surface area (Å²) in [5.74, 6) is 1.23. The van der Waals surface area contributed by atoms with Gasteiger partial charge < -0.3 is 20.5 Å². The van der Waals surface area contributed by atoms with Crippen molar-refractivity contribution < 1.29 is 9.84 Å². The fraction of sp³-hybridized carbons (Fsp3) is 1.00. The van der Waals surface area contributed by atoms with E-state index in [1.165, 1.54) is 12.8 Å². The van der Waals surface area contributed by atoms with Gasteiger partial charge >= 0.3 is 0 Å². The van der Waals surface area contributed by atoms with Crippen molar-refractivity contribution >= 4 is 0 Å². The zero-order valence-electron chi connectivity index (χ0n) is 12.3. The third-order valence-corrected chi connectivity index (χ3v) is 4.80. The van der Waals surface area contributed by atoms with E-state index in [1.807, 2.05) is 0 Å². The second kappa shape index (κ2) is 7.02. The normalized spacial score (nSPS) is 31.3. The maximum absolute atomic E-state index is 10.4. The SMILES string of the molecule is CN(CCOCC1CC1)CCC1CCCC1(O)CN. The van der Waals surface area contributed by atoms with Crippen LogP contribution in [0.15, 0.2) is 0 Å². The number of nitrogens with two attached hydrogens (primary N) is 1. The van der Waals surface area contributed by atoms with Crippen LogP contribution >= 0.6 is 0 Å². The summed E-state index contributed by atoms with van der Waals surface area (Å²) < 4.78 is 5.65. The Balaban J connectivity index is 1.55. The maximum Gasteiger partial charge on any atom is 0.0797 e. The van der Waals surface area contributed by atoms with E-state index in [1.54, 1.807) is 0 Å². The zero-order chi connectivity index (χ0) is 13.7. The van der Waals surface area contributed by atoms with E-state index < -0.39 is 5.60 Å². The Labute approximate surface area is 117 Å². The first kappa shape index (κ1) is 15.2. The van der Waals surface area contributed by atoms with Gasteiger partial charge in [-0.05, 0) is 57.5 Å². The van der Waals surface area contributed by atoms with Crippen molar-refractivity contribution in [3.05, 3.63) is 0 Å². The van der Waals surface area contributed by atoms with Crippen molar-refractivity contribution in [2.45, 2.75) is 44.1 Å². The molecule has 0 aromatic heterocycles. The van der Waals surface area contributed by atoms with Crippen LogP contribution in [0, 0.1) is 11.8 Å². The van der Waals surface area contributed by atoms with Gasteiger partial charge in [0.2, 0.25) is 0 Å². The average Bonchev–Trinajstić information content (AvgIpc) is 3.15. The average molecular weight is 270 g/mol. The molecule has 2 unspecified atom stereocenters. The number of ether oxygens (including phenoxy) is 1. The molecular formula is C15H30N2O2. The summed E-state index contributed by atoms with van der Waals surface area (Å²) in [6, 6.07) is 0. The molecule has 2 aliphatic carbocycles. The van der Waals surface area contributed by atoms with E-state index >= 15 is 0 Å². The summed E-state index contributed by atoms with van der Waals surface area (Å²) in [4.78, 5) is 2.31. The Morgan fingerprint density at radius 2 is 2.11 bits per heavy atom. The highest BCUT2D eigenvalue weighted by Gasteiger charge is 2.39. The predicted octanol–water partition coefficient (Wildman–Crippen LogP) is 1.22. The highest BCUT2D eigenvalue weighted by Crippen LogP contribution is 2.37. The lowest BCUT2D eigenvalue weighted by Crippen LogP contribution is -2.42. The Kier molecular flexibility index (Phi) is 5.63. The lowest BCUT2D eigenvalue weighted by Gasteiger charge is -2.30. The van der Waals surface area contributed by atoms with Gasteiger partial charge in [-0.15, -0.1) is 0 Å². The van der Waals surface area contributed by atoms with E-state index in [4.69, 9.17) is 10.5 Å². The molecule has 3 N–H and O–H groups in total. The third-order valence-electron chi connectivity index (χ3n) is 4.80. The molecule has 2 fully saturated rings. The number of aliphatic hydroxyl groups is 1. The molecule has 0 saturated heterocycles. The minimum absolute atomic E-state index is 0.382. The highest BCUT2D eigenvalue weighted by atomic mass is 16.5. The van der Waals surface area contributed by atoms with Crippen LogP contribution in [-0.4, -0.2) is 55.5 Å². The van der Waals surface area contributed by atoms with Gasteiger partial charge in [0.15, 0.2) is 0 Å². The first-order chi connectivity index (χ1) is 9.14.